The van der Waals surface area contributed by atoms with E-state index in [9.17, 15) is 8.42 Å². The molecule has 0 atom stereocenters. The number of anilines is 1. The van der Waals surface area contributed by atoms with Crippen LogP contribution in [-0.4, -0.2) is 31.5 Å². The molecule has 17 heavy (non-hydrogen) atoms. The van der Waals surface area contributed by atoms with E-state index in [0.29, 0.717) is 19.0 Å². The van der Waals surface area contributed by atoms with Gasteiger partial charge in [0.05, 0.1) is 12.4 Å². The Balaban J connectivity index is 2.77. The highest BCUT2D eigenvalue weighted by Gasteiger charge is 2.15. The maximum absolute atomic E-state index is 11.8. The van der Waals surface area contributed by atoms with Gasteiger partial charge in [0.15, 0.2) is 0 Å². The van der Waals surface area contributed by atoms with Gasteiger partial charge in [-0.25, -0.2) is 23.1 Å². The predicted molar refractivity (Wildman–Crippen MR) is 66.2 cm³/mol. The zero-order valence-electron chi connectivity index (χ0n) is 10.3. The molecule has 0 aliphatic heterocycles. The van der Waals surface area contributed by atoms with Crippen molar-refractivity contribution < 1.29 is 8.42 Å². The Morgan fingerprint density at radius 1 is 1.29 bits per heavy atom. The predicted octanol–water partition coefficient (Wildman–Crippen LogP) is 0.843. The lowest BCUT2D eigenvalue weighted by Crippen LogP contribution is -2.27. The van der Waals surface area contributed by atoms with Crippen molar-refractivity contribution in [1.29, 1.82) is 0 Å². The zero-order valence-corrected chi connectivity index (χ0v) is 11.1. The summed E-state index contributed by atoms with van der Waals surface area (Å²) in [4.78, 5) is 7.92. The van der Waals surface area contributed by atoms with Crippen molar-refractivity contribution in [3.05, 3.63) is 12.4 Å². The minimum atomic E-state index is -3.49. The summed E-state index contributed by atoms with van der Waals surface area (Å²) in [6.45, 7) is 6.88. The standard InChI is InChI=1S/C10H18N4O2S/c1-4-11-10-12-6-9(7-13-10)17(15,16)14-5-8(2)3/h6-8,14H,4-5H2,1-3H3,(H,11,12,13). The van der Waals surface area contributed by atoms with Crippen LogP contribution in [0.2, 0.25) is 0 Å². The van der Waals surface area contributed by atoms with Gasteiger partial charge in [-0.15, -0.1) is 0 Å². The molecule has 1 heterocycles. The molecular formula is C10H18N4O2S. The van der Waals surface area contributed by atoms with Gasteiger partial charge < -0.3 is 5.32 Å². The van der Waals surface area contributed by atoms with Crippen molar-refractivity contribution in [2.24, 2.45) is 5.92 Å². The molecule has 0 unspecified atom stereocenters. The van der Waals surface area contributed by atoms with Crippen molar-refractivity contribution in [3.63, 3.8) is 0 Å². The summed E-state index contributed by atoms with van der Waals surface area (Å²) in [5.41, 5.74) is 0. The number of rotatable bonds is 6. The third kappa shape index (κ3) is 4.27. The van der Waals surface area contributed by atoms with Crippen LogP contribution in [0.5, 0.6) is 0 Å². The van der Waals surface area contributed by atoms with E-state index in [1.165, 1.54) is 12.4 Å². The average Bonchev–Trinajstić information content (AvgIpc) is 2.28. The molecule has 0 aliphatic carbocycles. The van der Waals surface area contributed by atoms with Crippen LogP contribution in [0.3, 0.4) is 0 Å². The van der Waals surface area contributed by atoms with E-state index in [-0.39, 0.29) is 10.8 Å². The molecule has 2 N–H and O–H groups in total. The van der Waals surface area contributed by atoms with Crippen LogP contribution in [0, 0.1) is 5.92 Å². The van der Waals surface area contributed by atoms with E-state index < -0.39 is 10.0 Å². The Bertz CT molecular complexity index is 442. The first kappa shape index (κ1) is 13.9. The fourth-order valence-corrected chi connectivity index (χ4v) is 2.17. The molecule has 0 spiro atoms. The van der Waals surface area contributed by atoms with Gasteiger partial charge in [-0.2, -0.15) is 0 Å². The molecule has 0 amide bonds. The lowest BCUT2D eigenvalue weighted by atomic mass is 10.2. The van der Waals surface area contributed by atoms with Gasteiger partial charge in [0.2, 0.25) is 16.0 Å². The second kappa shape index (κ2) is 5.92. The minimum absolute atomic E-state index is 0.0832. The lowest BCUT2D eigenvalue weighted by molar-refractivity contribution is 0.559. The van der Waals surface area contributed by atoms with Gasteiger partial charge in [-0.05, 0) is 12.8 Å². The van der Waals surface area contributed by atoms with Gasteiger partial charge in [-0.3, -0.25) is 0 Å². The fraction of sp³-hybridized carbons (Fsp3) is 0.600. The van der Waals surface area contributed by atoms with Crippen molar-refractivity contribution in [2.75, 3.05) is 18.4 Å². The Labute approximate surface area is 102 Å². The van der Waals surface area contributed by atoms with E-state index in [4.69, 9.17) is 0 Å². The Kier molecular flexibility index (Phi) is 4.83. The third-order valence-corrected chi connectivity index (χ3v) is 3.33. The van der Waals surface area contributed by atoms with Crippen molar-refractivity contribution in [3.8, 4) is 0 Å². The van der Waals surface area contributed by atoms with Crippen LogP contribution in [0.4, 0.5) is 5.95 Å². The van der Waals surface area contributed by atoms with Gasteiger partial charge in [0, 0.05) is 13.1 Å². The van der Waals surface area contributed by atoms with E-state index in [1.54, 1.807) is 0 Å². The van der Waals surface area contributed by atoms with Crippen LogP contribution in [0.25, 0.3) is 0 Å². The largest absolute Gasteiger partial charge is 0.355 e. The molecule has 1 rings (SSSR count). The topological polar surface area (TPSA) is 84.0 Å². The van der Waals surface area contributed by atoms with Crippen molar-refractivity contribution in [1.82, 2.24) is 14.7 Å². The van der Waals surface area contributed by atoms with Crippen LogP contribution < -0.4 is 10.0 Å². The first-order valence-corrected chi connectivity index (χ1v) is 6.99. The summed E-state index contributed by atoms with van der Waals surface area (Å²) in [5, 5.41) is 2.90. The summed E-state index contributed by atoms with van der Waals surface area (Å²) < 4.78 is 26.1. The maximum Gasteiger partial charge on any atom is 0.243 e. The number of aromatic nitrogens is 2. The molecule has 0 fully saturated rings. The fourth-order valence-electron chi connectivity index (χ4n) is 1.06. The van der Waals surface area contributed by atoms with Crippen LogP contribution in [0.1, 0.15) is 20.8 Å². The Hall–Kier alpha value is -1.21. The molecule has 0 bridgehead atoms. The SMILES string of the molecule is CCNc1ncc(S(=O)(=O)NCC(C)C)cn1. The highest BCUT2D eigenvalue weighted by molar-refractivity contribution is 7.89. The van der Waals surface area contributed by atoms with Gasteiger partial charge in [0.25, 0.3) is 0 Å². The second-order valence-corrected chi connectivity index (χ2v) is 5.79. The van der Waals surface area contributed by atoms with E-state index in [0.717, 1.165) is 0 Å². The summed E-state index contributed by atoms with van der Waals surface area (Å²) in [6, 6.07) is 0. The number of sulfonamides is 1. The molecular weight excluding hydrogens is 240 g/mol. The van der Waals surface area contributed by atoms with Crippen molar-refractivity contribution in [2.45, 2.75) is 25.7 Å². The molecule has 7 heteroatoms. The Morgan fingerprint density at radius 3 is 2.35 bits per heavy atom. The molecule has 0 saturated heterocycles. The van der Waals surface area contributed by atoms with Crippen LogP contribution in [0.15, 0.2) is 17.3 Å². The summed E-state index contributed by atoms with van der Waals surface area (Å²) in [5.74, 6) is 0.682. The highest BCUT2D eigenvalue weighted by Crippen LogP contribution is 2.07. The van der Waals surface area contributed by atoms with E-state index in [2.05, 4.69) is 20.0 Å². The number of nitrogens with zero attached hydrogens (tertiary/aromatic N) is 2. The molecule has 0 aromatic carbocycles. The smallest absolute Gasteiger partial charge is 0.243 e. The number of nitrogens with one attached hydrogen (secondary N) is 2. The second-order valence-electron chi connectivity index (χ2n) is 4.02. The molecule has 0 saturated carbocycles. The average molecular weight is 258 g/mol. The number of hydrogen-bond acceptors (Lipinski definition) is 5. The van der Waals surface area contributed by atoms with E-state index >= 15 is 0 Å². The van der Waals surface area contributed by atoms with Gasteiger partial charge >= 0.3 is 0 Å². The molecule has 1 aromatic heterocycles. The molecule has 96 valence electrons. The monoisotopic (exact) mass is 258 g/mol. The molecule has 6 nitrogen and oxygen atoms in total. The summed E-state index contributed by atoms with van der Waals surface area (Å²) >= 11 is 0. The molecule has 0 radical (unpaired) electrons. The van der Waals surface area contributed by atoms with Crippen molar-refractivity contribution >= 4 is 16.0 Å². The lowest BCUT2D eigenvalue weighted by Gasteiger charge is -2.08. The summed E-state index contributed by atoms with van der Waals surface area (Å²) in [6.07, 6.45) is 2.60. The van der Waals surface area contributed by atoms with E-state index in [1.807, 2.05) is 20.8 Å². The molecule has 0 aliphatic rings. The first-order chi connectivity index (χ1) is 7.95. The summed E-state index contributed by atoms with van der Waals surface area (Å²) in [7, 11) is -3.49. The van der Waals surface area contributed by atoms with Gasteiger partial charge in [-0.1, -0.05) is 13.8 Å². The van der Waals surface area contributed by atoms with Gasteiger partial charge in [0.1, 0.15) is 4.90 Å². The zero-order chi connectivity index (χ0) is 12.9. The minimum Gasteiger partial charge on any atom is -0.355 e. The van der Waals surface area contributed by atoms with Crippen LogP contribution >= 0.6 is 0 Å². The maximum atomic E-state index is 11.8. The third-order valence-electron chi connectivity index (χ3n) is 1.95. The normalized spacial score (nSPS) is 11.8. The Morgan fingerprint density at radius 2 is 1.88 bits per heavy atom. The number of hydrogen-bond donors (Lipinski definition) is 2. The molecule has 1 aromatic rings. The quantitative estimate of drug-likeness (QED) is 0.790. The highest BCUT2D eigenvalue weighted by atomic mass is 32.2. The first-order valence-electron chi connectivity index (χ1n) is 5.51. The van der Waals surface area contributed by atoms with Crippen LogP contribution in [-0.2, 0) is 10.0 Å².